The quantitative estimate of drug-likeness (QED) is 0.849. The van der Waals surface area contributed by atoms with Crippen LogP contribution in [0.4, 0.5) is 4.39 Å². The first-order valence-corrected chi connectivity index (χ1v) is 6.08. The van der Waals surface area contributed by atoms with E-state index in [1.807, 2.05) is 0 Å². The van der Waals surface area contributed by atoms with Crippen molar-refractivity contribution in [1.82, 2.24) is 10.3 Å². The Morgan fingerprint density at radius 2 is 2.38 bits per heavy atom. The molecule has 0 aliphatic carbocycles. The van der Waals surface area contributed by atoms with E-state index in [4.69, 9.17) is 4.74 Å². The summed E-state index contributed by atoms with van der Waals surface area (Å²) in [6.07, 6.45) is 0.941. The molecule has 1 aromatic rings. The molecule has 0 bridgehead atoms. The fraction of sp³-hybridized carbons (Fsp3) is 0.545. The number of nitrogens with one attached hydrogen (secondary N) is 1. The molecule has 88 valence electrons. The molecule has 0 unspecified atom stereocenters. The van der Waals surface area contributed by atoms with Gasteiger partial charge in [-0.1, -0.05) is 0 Å². The zero-order chi connectivity index (χ0) is 11.7. The summed E-state index contributed by atoms with van der Waals surface area (Å²) in [5, 5.41) is 3.26. The van der Waals surface area contributed by atoms with Crippen LogP contribution >= 0.6 is 15.9 Å². The van der Waals surface area contributed by atoms with Gasteiger partial charge in [-0.25, -0.2) is 9.37 Å². The zero-order valence-electron chi connectivity index (χ0n) is 9.26. The summed E-state index contributed by atoms with van der Waals surface area (Å²) in [6, 6.07) is 2.00. The summed E-state index contributed by atoms with van der Waals surface area (Å²) in [5.74, 6) is -0.0944. The van der Waals surface area contributed by atoms with E-state index in [0.717, 1.165) is 13.0 Å². The van der Waals surface area contributed by atoms with Crippen molar-refractivity contribution >= 4 is 15.9 Å². The monoisotopic (exact) mass is 288 g/mol. The number of nitrogens with zero attached hydrogens (tertiary/aromatic N) is 1. The number of hydrogen-bond donors (Lipinski definition) is 1. The van der Waals surface area contributed by atoms with Crippen LogP contribution in [0.25, 0.3) is 0 Å². The number of aryl methyl sites for hydroxylation is 1. The minimum atomic E-state index is -0.372. The Kier molecular flexibility index (Phi) is 3.44. The van der Waals surface area contributed by atoms with Crippen molar-refractivity contribution in [3.63, 3.8) is 0 Å². The summed E-state index contributed by atoms with van der Waals surface area (Å²) in [5.41, 5.74) is 0.350. The molecule has 1 N–H and O–H groups in total. The second-order valence-electron chi connectivity index (χ2n) is 4.13. The van der Waals surface area contributed by atoms with E-state index in [1.54, 1.807) is 13.0 Å². The number of ether oxygens (including phenoxy) is 1. The topological polar surface area (TPSA) is 34.1 Å². The van der Waals surface area contributed by atoms with Gasteiger partial charge in [0, 0.05) is 25.1 Å². The third-order valence-electron chi connectivity index (χ3n) is 2.66. The van der Waals surface area contributed by atoms with E-state index >= 15 is 0 Å². The average Bonchev–Trinajstić information content (AvgIpc) is 2.60. The molecular weight excluding hydrogens is 275 g/mol. The molecule has 2 heterocycles. The highest BCUT2D eigenvalue weighted by molar-refractivity contribution is 9.10. The highest BCUT2D eigenvalue weighted by Gasteiger charge is 2.23. The maximum Gasteiger partial charge on any atom is 0.186 e. The average molecular weight is 289 g/mol. The highest BCUT2D eigenvalue weighted by atomic mass is 79.9. The van der Waals surface area contributed by atoms with Gasteiger partial charge in [-0.05, 0) is 29.8 Å². The lowest BCUT2D eigenvalue weighted by Gasteiger charge is -2.14. The maximum atomic E-state index is 13.7. The van der Waals surface area contributed by atoms with Gasteiger partial charge in [0.25, 0.3) is 0 Å². The SMILES string of the molecule is Cc1nc(Br)cc(O[C@H]2CN[C@@H](C)C2)c1F. The molecule has 1 aliphatic rings. The second-order valence-corrected chi connectivity index (χ2v) is 4.94. The fourth-order valence-electron chi connectivity index (χ4n) is 1.84. The maximum absolute atomic E-state index is 13.7. The van der Waals surface area contributed by atoms with Gasteiger partial charge in [-0.3, -0.25) is 0 Å². The van der Waals surface area contributed by atoms with Crippen LogP contribution in [-0.4, -0.2) is 23.7 Å². The summed E-state index contributed by atoms with van der Waals surface area (Å²) in [4.78, 5) is 3.97. The van der Waals surface area contributed by atoms with E-state index in [0.29, 0.717) is 16.3 Å². The van der Waals surface area contributed by atoms with Crippen LogP contribution < -0.4 is 10.1 Å². The van der Waals surface area contributed by atoms with E-state index in [1.165, 1.54) is 0 Å². The van der Waals surface area contributed by atoms with Crippen molar-refractivity contribution in [2.75, 3.05) is 6.54 Å². The highest BCUT2D eigenvalue weighted by Crippen LogP contribution is 2.25. The standard InChI is InChI=1S/C11H14BrFN2O/c1-6-3-8(5-14-6)16-9-4-10(12)15-7(2)11(9)13/h4,6,8,14H,3,5H2,1-2H3/t6-,8+/m0/s1. The Labute approximate surface area is 103 Å². The number of pyridine rings is 1. The van der Waals surface area contributed by atoms with Crippen molar-refractivity contribution in [3.05, 3.63) is 22.2 Å². The fourth-order valence-corrected chi connectivity index (χ4v) is 2.31. The van der Waals surface area contributed by atoms with Crippen molar-refractivity contribution < 1.29 is 9.13 Å². The molecule has 16 heavy (non-hydrogen) atoms. The third kappa shape index (κ3) is 2.52. The first-order chi connectivity index (χ1) is 7.56. The predicted octanol–water partition coefficient (Wildman–Crippen LogP) is 2.42. The summed E-state index contributed by atoms with van der Waals surface area (Å²) >= 11 is 3.23. The summed E-state index contributed by atoms with van der Waals surface area (Å²) in [6.45, 7) is 4.48. The molecule has 1 saturated heterocycles. The number of aromatic nitrogens is 1. The molecule has 2 rings (SSSR count). The lowest BCUT2D eigenvalue weighted by atomic mass is 10.2. The van der Waals surface area contributed by atoms with Gasteiger partial charge in [-0.2, -0.15) is 0 Å². The van der Waals surface area contributed by atoms with Crippen molar-refractivity contribution in [2.24, 2.45) is 0 Å². The molecule has 0 amide bonds. The van der Waals surface area contributed by atoms with Crippen molar-refractivity contribution in [2.45, 2.75) is 32.4 Å². The van der Waals surface area contributed by atoms with Crippen LogP contribution in [0, 0.1) is 12.7 Å². The minimum Gasteiger partial charge on any atom is -0.486 e. The molecule has 1 fully saturated rings. The Hall–Kier alpha value is -0.680. The van der Waals surface area contributed by atoms with Crippen molar-refractivity contribution in [1.29, 1.82) is 0 Å². The molecule has 5 heteroatoms. The first-order valence-electron chi connectivity index (χ1n) is 5.29. The van der Waals surface area contributed by atoms with Gasteiger partial charge < -0.3 is 10.1 Å². The van der Waals surface area contributed by atoms with E-state index < -0.39 is 0 Å². The zero-order valence-corrected chi connectivity index (χ0v) is 10.8. The lowest BCUT2D eigenvalue weighted by molar-refractivity contribution is 0.209. The molecule has 3 nitrogen and oxygen atoms in total. The van der Waals surface area contributed by atoms with Gasteiger partial charge in [0.1, 0.15) is 10.7 Å². The van der Waals surface area contributed by atoms with Crippen LogP contribution in [0.1, 0.15) is 19.0 Å². The Balaban J connectivity index is 2.15. The lowest BCUT2D eigenvalue weighted by Crippen LogP contribution is -2.21. The predicted molar refractivity (Wildman–Crippen MR) is 63.1 cm³/mol. The van der Waals surface area contributed by atoms with Crippen molar-refractivity contribution in [3.8, 4) is 5.75 Å². The third-order valence-corrected chi connectivity index (χ3v) is 3.07. The molecule has 0 saturated carbocycles. The molecule has 1 aliphatic heterocycles. The van der Waals surface area contributed by atoms with Crippen LogP contribution in [0.3, 0.4) is 0 Å². The van der Waals surface area contributed by atoms with Gasteiger partial charge in [-0.15, -0.1) is 0 Å². The molecule has 0 spiro atoms. The van der Waals surface area contributed by atoms with Gasteiger partial charge in [0.15, 0.2) is 11.6 Å². The largest absolute Gasteiger partial charge is 0.486 e. The first kappa shape index (κ1) is 11.8. The minimum absolute atomic E-state index is 0.0400. The summed E-state index contributed by atoms with van der Waals surface area (Å²) in [7, 11) is 0. The Morgan fingerprint density at radius 1 is 1.62 bits per heavy atom. The van der Waals surface area contributed by atoms with Gasteiger partial charge in [0.2, 0.25) is 0 Å². The Bertz CT molecular complexity index is 400. The van der Waals surface area contributed by atoms with Crippen LogP contribution in [0.15, 0.2) is 10.7 Å². The van der Waals surface area contributed by atoms with Crippen LogP contribution in [-0.2, 0) is 0 Å². The smallest absolute Gasteiger partial charge is 0.186 e. The Morgan fingerprint density at radius 3 is 3.00 bits per heavy atom. The van der Waals surface area contributed by atoms with E-state index in [-0.39, 0.29) is 17.7 Å². The van der Waals surface area contributed by atoms with Crippen LogP contribution in [0.2, 0.25) is 0 Å². The number of hydrogen-bond acceptors (Lipinski definition) is 3. The van der Waals surface area contributed by atoms with E-state index in [9.17, 15) is 4.39 Å². The molecular formula is C11H14BrFN2O. The normalized spacial score (nSPS) is 24.8. The number of halogens is 2. The van der Waals surface area contributed by atoms with E-state index in [2.05, 4.69) is 33.2 Å². The van der Waals surface area contributed by atoms with Crippen LogP contribution in [0.5, 0.6) is 5.75 Å². The molecule has 2 atom stereocenters. The number of rotatable bonds is 2. The molecule has 0 radical (unpaired) electrons. The van der Waals surface area contributed by atoms with Gasteiger partial charge >= 0.3 is 0 Å². The second kappa shape index (κ2) is 4.67. The summed E-state index contributed by atoms with van der Waals surface area (Å²) < 4.78 is 19.9. The molecule has 1 aromatic heterocycles. The van der Waals surface area contributed by atoms with Gasteiger partial charge in [0.05, 0.1) is 5.69 Å². The molecule has 0 aromatic carbocycles.